The van der Waals surface area contributed by atoms with Crippen molar-refractivity contribution in [2.45, 2.75) is 32.4 Å². The van der Waals surface area contributed by atoms with Gasteiger partial charge in [-0.1, -0.05) is 19.8 Å². The first-order valence-electron chi connectivity index (χ1n) is 3.07. The highest BCUT2D eigenvalue weighted by molar-refractivity contribution is 4.55. The largest absolute Gasteiger partial charge is 0.315 e. The SMILES string of the molecule is CCCCC(N=O)NO. The highest BCUT2D eigenvalue weighted by Gasteiger charge is 2.02. The minimum Gasteiger partial charge on any atom is -0.315 e. The van der Waals surface area contributed by atoms with Crippen molar-refractivity contribution in [1.29, 1.82) is 0 Å². The molecule has 0 amide bonds. The molecule has 0 fully saturated rings. The molecule has 0 bridgehead atoms. The summed E-state index contributed by atoms with van der Waals surface area (Å²) >= 11 is 0. The van der Waals surface area contributed by atoms with Gasteiger partial charge in [0.2, 0.25) is 0 Å². The van der Waals surface area contributed by atoms with E-state index in [0.29, 0.717) is 6.42 Å². The first-order valence-corrected chi connectivity index (χ1v) is 3.07. The molecule has 2 N–H and O–H groups in total. The molecule has 9 heavy (non-hydrogen) atoms. The van der Waals surface area contributed by atoms with Gasteiger partial charge in [0, 0.05) is 0 Å². The maximum absolute atomic E-state index is 9.77. The Bertz CT molecular complexity index is 77.4. The van der Waals surface area contributed by atoms with Crippen LogP contribution in [0.25, 0.3) is 0 Å². The fourth-order valence-corrected chi connectivity index (χ4v) is 0.538. The van der Waals surface area contributed by atoms with Crippen LogP contribution in [0.1, 0.15) is 26.2 Å². The summed E-state index contributed by atoms with van der Waals surface area (Å²) in [5.41, 5.74) is 1.81. The molecule has 0 saturated carbocycles. The summed E-state index contributed by atoms with van der Waals surface area (Å²) in [6.45, 7) is 2.01. The fraction of sp³-hybridized carbons (Fsp3) is 1.00. The lowest BCUT2D eigenvalue weighted by Crippen LogP contribution is -2.22. The molecule has 0 aliphatic heterocycles. The van der Waals surface area contributed by atoms with Crippen LogP contribution in [0.15, 0.2) is 5.18 Å². The molecule has 1 atom stereocenters. The Kier molecular flexibility index (Phi) is 5.35. The van der Waals surface area contributed by atoms with Gasteiger partial charge in [-0.3, -0.25) is 0 Å². The van der Waals surface area contributed by atoms with Gasteiger partial charge >= 0.3 is 0 Å². The van der Waals surface area contributed by atoms with E-state index in [0.717, 1.165) is 12.8 Å². The topological polar surface area (TPSA) is 61.7 Å². The zero-order chi connectivity index (χ0) is 7.11. The zero-order valence-corrected chi connectivity index (χ0v) is 5.50. The number of nitroso groups, excluding NO2 is 1. The van der Waals surface area contributed by atoms with Gasteiger partial charge in [-0.05, 0) is 11.6 Å². The van der Waals surface area contributed by atoms with E-state index in [1.54, 1.807) is 0 Å². The average Bonchev–Trinajstić information content (AvgIpc) is 1.91. The van der Waals surface area contributed by atoms with Gasteiger partial charge in [0.25, 0.3) is 0 Å². The Morgan fingerprint density at radius 3 is 2.78 bits per heavy atom. The molecule has 0 aromatic rings. The van der Waals surface area contributed by atoms with Crippen molar-refractivity contribution in [2.24, 2.45) is 5.18 Å². The maximum Gasteiger partial charge on any atom is 0.163 e. The Balaban J connectivity index is 3.20. The van der Waals surface area contributed by atoms with E-state index in [1.807, 2.05) is 12.4 Å². The first kappa shape index (κ1) is 8.52. The van der Waals surface area contributed by atoms with Gasteiger partial charge in [0.15, 0.2) is 6.17 Å². The van der Waals surface area contributed by atoms with Crippen molar-refractivity contribution >= 4 is 0 Å². The number of nitrogens with zero attached hydrogens (tertiary/aromatic N) is 1. The van der Waals surface area contributed by atoms with E-state index in [1.165, 1.54) is 0 Å². The standard InChI is InChI=1S/C5H12N2O2/c1-2-3-4-5(6-8)7-9/h5-6,8H,2-4H2,1H3. The van der Waals surface area contributed by atoms with Crippen LogP contribution in [0.2, 0.25) is 0 Å². The summed E-state index contributed by atoms with van der Waals surface area (Å²) in [6.07, 6.45) is 1.90. The van der Waals surface area contributed by atoms with Crippen LogP contribution in [-0.2, 0) is 0 Å². The fourth-order valence-electron chi connectivity index (χ4n) is 0.538. The van der Waals surface area contributed by atoms with Gasteiger partial charge in [0.05, 0.1) is 0 Å². The van der Waals surface area contributed by atoms with Crippen LogP contribution in [0.3, 0.4) is 0 Å². The van der Waals surface area contributed by atoms with E-state index in [4.69, 9.17) is 5.21 Å². The Morgan fingerprint density at radius 1 is 1.78 bits per heavy atom. The second-order valence-electron chi connectivity index (χ2n) is 1.89. The second-order valence-corrected chi connectivity index (χ2v) is 1.89. The Hall–Kier alpha value is -0.480. The van der Waals surface area contributed by atoms with Gasteiger partial charge < -0.3 is 5.21 Å². The molecule has 0 aromatic carbocycles. The molecule has 4 heteroatoms. The predicted octanol–water partition coefficient (Wildman–Crippen LogP) is 1.25. The van der Waals surface area contributed by atoms with Gasteiger partial charge in [0.1, 0.15) is 0 Å². The molecule has 4 nitrogen and oxygen atoms in total. The minimum absolute atomic E-state index is 0.608. The third-order valence-corrected chi connectivity index (χ3v) is 1.11. The maximum atomic E-state index is 9.77. The Labute approximate surface area is 54.2 Å². The van der Waals surface area contributed by atoms with Crippen molar-refractivity contribution in [3.63, 3.8) is 0 Å². The monoisotopic (exact) mass is 132 g/mol. The van der Waals surface area contributed by atoms with Crippen LogP contribution in [-0.4, -0.2) is 11.4 Å². The van der Waals surface area contributed by atoms with E-state index in [-0.39, 0.29) is 0 Å². The Morgan fingerprint density at radius 2 is 2.44 bits per heavy atom. The summed E-state index contributed by atoms with van der Waals surface area (Å²) in [7, 11) is 0. The number of unbranched alkanes of at least 4 members (excludes halogenated alkanes) is 1. The molecule has 0 saturated heterocycles. The molecular formula is C5H12N2O2. The zero-order valence-electron chi connectivity index (χ0n) is 5.50. The van der Waals surface area contributed by atoms with Crippen molar-refractivity contribution in [2.75, 3.05) is 0 Å². The molecule has 0 aliphatic rings. The lowest BCUT2D eigenvalue weighted by Gasteiger charge is -2.02. The third kappa shape index (κ3) is 4.05. The molecule has 0 radical (unpaired) electrons. The van der Waals surface area contributed by atoms with E-state index >= 15 is 0 Å². The first-order chi connectivity index (χ1) is 4.35. The summed E-state index contributed by atoms with van der Waals surface area (Å²) in [6, 6.07) is 0. The van der Waals surface area contributed by atoms with Crippen LogP contribution in [0, 0.1) is 4.91 Å². The molecule has 0 aromatic heterocycles. The quantitative estimate of drug-likeness (QED) is 0.437. The number of hydrogen-bond donors (Lipinski definition) is 2. The molecule has 0 spiro atoms. The average molecular weight is 132 g/mol. The summed E-state index contributed by atoms with van der Waals surface area (Å²) in [5, 5.41) is 10.8. The predicted molar refractivity (Wildman–Crippen MR) is 34.0 cm³/mol. The molecule has 1 unspecified atom stereocenters. The summed E-state index contributed by atoms with van der Waals surface area (Å²) < 4.78 is 0. The van der Waals surface area contributed by atoms with Crippen molar-refractivity contribution < 1.29 is 5.21 Å². The number of rotatable bonds is 5. The smallest absolute Gasteiger partial charge is 0.163 e. The third-order valence-electron chi connectivity index (χ3n) is 1.11. The van der Waals surface area contributed by atoms with Crippen LogP contribution in [0.4, 0.5) is 0 Å². The molecular weight excluding hydrogens is 120 g/mol. The lowest BCUT2D eigenvalue weighted by molar-refractivity contribution is 0.123. The molecule has 0 rings (SSSR count). The highest BCUT2D eigenvalue weighted by atomic mass is 16.5. The molecule has 0 aliphatic carbocycles. The van der Waals surface area contributed by atoms with E-state index < -0.39 is 6.17 Å². The van der Waals surface area contributed by atoms with Gasteiger partial charge in [-0.25, -0.2) is 0 Å². The molecule has 54 valence electrons. The van der Waals surface area contributed by atoms with Crippen molar-refractivity contribution in [1.82, 2.24) is 5.48 Å². The van der Waals surface area contributed by atoms with Crippen LogP contribution in [0.5, 0.6) is 0 Å². The van der Waals surface area contributed by atoms with Gasteiger partial charge in [-0.15, -0.1) is 4.91 Å². The normalized spacial score (nSPS) is 13.1. The number of hydroxylamine groups is 1. The molecule has 0 heterocycles. The number of nitrogens with one attached hydrogen (secondary N) is 1. The van der Waals surface area contributed by atoms with E-state index in [2.05, 4.69) is 5.18 Å². The highest BCUT2D eigenvalue weighted by Crippen LogP contribution is 1.99. The van der Waals surface area contributed by atoms with Crippen molar-refractivity contribution in [3.8, 4) is 0 Å². The van der Waals surface area contributed by atoms with Crippen LogP contribution >= 0.6 is 0 Å². The second kappa shape index (κ2) is 5.65. The number of hydrogen-bond acceptors (Lipinski definition) is 4. The van der Waals surface area contributed by atoms with Gasteiger partial charge in [-0.2, -0.15) is 5.48 Å². The summed E-state index contributed by atoms with van der Waals surface area (Å²) in [4.78, 5) is 9.77. The minimum atomic E-state index is -0.620. The van der Waals surface area contributed by atoms with E-state index in [9.17, 15) is 4.91 Å². The lowest BCUT2D eigenvalue weighted by atomic mass is 10.2. The van der Waals surface area contributed by atoms with Crippen molar-refractivity contribution in [3.05, 3.63) is 4.91 Å². The van der Waals surface area contributed by atoms with Crippen LogP contribution < -0.4 is 5.48 Å². The summed E-state index contributed by atoms with van der Waals surface area (Å²) in [5.74, 6) is 0.